The normalized spacial score (nSPS) is 30.5. The number of rotatable bonds is 5. The Morgan fingerprint density at radius 3 is 2.28 bits per heavy atom. The summed E-state index contributed by atoms with van der Waals surface area (Å²) in [5, 5.41) is 0. The predicted molar refractivity (Wildman–Crippen MR) is 78.6 cm³/mol. The van der Waals surface area contributed by atoms with Crippen molar-refractivity contribution in [3.8, 4) is 0 Å². The second-order valence-electron chi connectivity index (χ2n) is 6.94. The summed E-state index contributed by atoms with van der Waals surface area (Å²) in [5.41, 5.74) is 6.19. The monoisotopic (exact) mass is 252 g/mol. The minimum Gasteiger partial charge on any atom is -0.328 e. The van der Waals surface area contributed by atoms with Crippen molar-refractivity contribution in [3.05, 3.63) is 0 Å². The molecule has 0 saturated heterocycles. The zero-order valence-corrected chi connectivity index (χ0v) is 12.4. The van der Waals surface area contributed by atoms with Crippen molar-refractivity contribution < 1.29 is 0 Å². The van der Waals surface area contributed by atoms with E-state index in [2.05, 4.69) is 18.7 Å². The molecule has 0 heterocycles. The quantitative estimate of drug-likeness (QED) is 0.811. The maximum Gasteiger partial charge on any atom is 0.0113 e. The van der Waals surface area contributed by atoms with E-state index in [0.29, 0.717) is 6.04 Å². The van der Waals surface area contributed by atoms with Crippen molar-refractivity contribution in [2.75, 3.05) is 6.54 Å². The maximum atomic E-state index is 6.19. The summed E-state index contributed by atoms with van der Waals surface area (Å²) in [7, 11) is 0. The Morgan fingerprint density at radius 2 is 1.67 bits per heavy atom. The minimum atomic E-state index is 0.465. The Balaban J connectivity index is 1.93. The first-order valence-corrected chi connectivity index (χ1v) is 8.18. The fraction of sp³-hybridized carbons (Fsp3) is 1.00. The van der Waals surface area contributed by atoms with Gasteiger partial charge in [0.05, 0.1) is 0 Å². The molecule has 0 aliphatic heterocycles. The molecule has 2 aliphatic carbocycles. The summed E-state index contributed by atoms with van der Waals surface area (Å²) in [6.45, 7) is 6.00. The molecule has 0 aromatic heterocycles. The van der Waals surface area contributed by atoms with Gasteiger partial charge in [0.15, 0.2) is 0 Å². The smallest absolute Gasteiger partial charge is 0.0113 e. The summed E-state index contributed by atoms with van der Waals surface area (Å²) in [6, 6.07) is 2.13. The largest absolute Gasteiger partial charge is 0.328 e. The van der Waals surface area contributed by atoms with Crippen LogP contribution in [0.15, 0.2) is 0 Å². The van der Waals surface area contributed by atoms with Crippen LogP contribution in [0.2, 0.25) is 0 Å². The van der Waals surface area contributed by atoms with E-state index in [1.165, 1.54) is 64.3 Å². The van der Waals surface area contributed by atoms with Gasteiger partial charge in [-0.2, -0.15) is 0 Å². The van der Waals surface area contributed by atoms with Gasteiger partial charge in [0, 0.05) is 18.1 Å². The molecule has 2 atom stereocenters. The van der Waals surface area contributed by atoms with Crippen LogP contribution in [-0.4, -0.2) is 29.6 Å². The Kier molecular flexibility index (Phi) is 5.50. The van der Waals surface area contributed by atoms with Crippen molar-refractivity contribution in [1.29, 1.82) is 0 Å². The van der Waals surface area contributed by atoms with Gasteiger partial charge in [0.25, 0.3) is 0 Å². The van der Waals surface area contributed by atoms with Crippen LogP contribution in [0.5, 0.6) is 0 Å². The minimum absolute atomic E-state index is 0.465. The van der Waals surface area contributed by atoms with E-state index >= 15 is 0 Å². The second-order valence-corrected chi connectivity index (χ2v) is 6.94. The van der Waals surface area contributed by atoms with Crippen LogP contribution >= 0.6 is 0 Å². The maximum absolute atomic E-state index is 6.19. The molecule has 2 nitrogen and oxygen atoms in total. The Bertz CT molecular complexity index is 233. The average molecular weight is 252 g/mol. The zero-order valence-electron chi connectivity index (χ0n) is 12.4. The molecule has 2 aliphatic rings. The molecule has 0 radical (unpaired) electrons. The summed E-state index contributed by atoms with van der Waals surface area (Å²) >= 11 is 0. The average Bonchev–Trinajstić information content (AvgIpc) is 2.83. The van der Waals surface area contributed by atoms with Crippen LogP contribution in [0.1, 0.15) is 71.6 Å². The van der Waals surface area contributed by atoms with Crippen LogP contribution in [-0.2, 0) is 0 Å². The van der Waals surface area contributed by atoms with E-state index in [0.717, 1.165) is 18.0 Å². The lowest BCUT2D eigenvalue weighted by Crippen LogP contribution is -2.47. The van der Waals surface area contributed by atoms with E-state index in [9.17, 15) is 0 Å². The standard InChI is InChI=1S/C16H32N2/c1-13(2)10-11-18(15-7-3-4-8-15)16-9-5-6-14(17)12-16/h13-16H,3-12,17H2,1-2H3. The molecule has 18 heavy (non-hydrogen) atoms. The molecule has 2 rings (SSSR count). The Labute approximate surface area is 113 Å². The predicted octanol–water partition coefficient (Wildman–Crippen LogP) is 3.55. The summed E-state index contributed by atoms with van der Waals surface area (Å²) in [4.78, 5) is 2.85. The lowest BCUT2D eigenvalue weighted by molar-refractivity contribution is 0.0942. The molecule has 0 aromatic carbocycles. The third-order valence-corrected chi connectivity index (χ3v) is 4.91. The summed E-state index contributed by atoms with van der Waals surface area (Å²) < 4.78 is 0. The van der Waals surface area contributed by atoms with Crippen molar-refractivity contribution >= 4 is 0 Å². The van der Waals surface area contributed by atoms with Crippen LogP contribution in [0.3, 0.4) is 0 Å². The number of hydrogen-bond donors (Lipinski definition) is 1. The van der Waals surface area contributed by atoms with Crippen LogP contribution in [0, 0.1) is 5.92 Å². The van der Waals surface area contributed by atoms with Crippen molar-refractivity contribution in [3.63, 3.8) is 0 Å². The highest BCUT2D eigenvalue weighted by Gasteiger charge is 2.31. The lowest BCUT2D eigenvalue weighted by Gasteiger charge is -2.40. The molecular weight excluding hydrogens is 220 g/mol. The van der Waals surface area contributed by atoms with Crippen LogP contribution in [0.4, 0.5) is 0 Å². The number of nitrogens with zero attached hydrogens (tertiary/aromatic N) is 1. The summed E-state index contributed by atoms with van der Waals surface area (Å²) in [6.07, 6.45) is 12.3. The molecule has 0 aromatic rings. The molecule has 0 amide bonds. The van der Waals surface area contributed by atoms with Gasteiger partial charge in [-0.15, -0.1) is 0 Å². The van der Waals surface area contributed by atoms with Crippen LogP contribution in [0.25, 0.3) is 0 Å². The fourth-order valence-electron chi connectivity index (χ4n) is 3.81. The van der Waals surface area contributed by atoms with Crippen LogP contribution < -0.4 is 5.73 Å². The molecule has 2 heteroatoms. The molecule has 2 fully saturated rings. The van der Waals surface area contributed by atoms with E-state index < -0.39 is 0 Å². The van der Waals surface area contributed by atoms with Gasteiger partial charge < -0.3 is 5.73 Å². The van der Waals surface area contributed by atoms with E-state index in [-0.39, 0.29) is 0 Å². The van der Waals surface area contributed by atoms with Gasteiger partial charge in [0.2, 0.25) is 0 Å². The molecule has 2 N–H and O–H groups in total. The first-order valence-electron chi connectivity index (χ1n) is 8.18. The Hall–Kier alpha value is -0.0800. The Morgan fingerprint density at radius 1 is 1.00 bits per heavy atom. The highest BCUT2D eigenvalue weighted by atomic mass is 15.2. The zero-order chi connectivity index (χ0) is 13.0. The second kappa shape index (κ2) is 6.91. The third kappa shape index (κ3) is 3.96. The highest BCUT2D eigenvalue weighted by molar-refractivity contribution is 4.87. The van der Waals surface area contributed by atoms with E-state index in [1.807, 2.05) is 0 Å². The SMILES string of the molecule is CC(C)CCN(C1CCCC1)C1CCCC(N)C1. The van der Waals surface area contributed by atoms with Gasteiger partial charge in [-0.05, 0) is 51.0 Å². The first-order chi connectivity index (χ1) is 8.66. The molecule has 106 valence electrons. The fourth-order valence-corrected chi connectivity index (χ4v) is 3.81. The molecular formula is C16H32N2. The van der Waals surface area contributed by atoms with Gasteiger partial charge in [-0.25, -0.2) is 0 Å². The topological polar surface area (TPSA) is 29.3 Å². The third-order valence-electron chi connectivity index (χ3n) is 4.91. The van der Waals surface area contributed by atoms with Gasteiger partial charge >= 0.3 is 0 Å². The number of nitrogens with two attached hydrogens (primary N) is 1. The van der Waals surface area contributed by atoms with Crippen molar-refractivity contribution in [2.24, 2.45) is 11.7 Å². The summed E-state index contributed by atoms with van der Waals surface area (Å²) in [5.74, 6) is 0.825. The molecule has 2 saturated carbocycles. The molecule has 0 bridgehead atoms. The molecule has 0 spiro atoms. The highest BCUT2D eigenvalue weighted by Crippen LogP contribution is 2.31. The van der Waals surface area contributed by atoms with Crippen molar-refractivity contribution in [1.82, 2.24) is 4.90 Å². The van der Waals surface area contributed by atoms with Crippen molar-refractivity contribution in [2.45, 2.75) is 89.8 Å². The van der Waals surface area contributed by atoms with Gasteiger partial charge in [0.1, 0.15) is 0 Å². The molecule has 2 unspecified atom stereocenters. The van der Waals surface area contributed by atoms with E-state index in [4.69, 9.17) is 5.73 Å². The number of hydrogen-bond acceptors (Lipinski definition) is 2. The van der Waals surface area contributed by atoms with Gasteiger partial charge in [-0.1, -0.05) is 33.1 Å². The van der Waals surface area contributed by atoms with E-state index in [1.54, 1.807) is 0 Å². The first kappa shape index (κ1) is 14.3. The van der Waals surface area contributed by atoms with Gasteiger partial charge in [-0.3, -0.25) is 4.90 Å². The lowest BCUT2D eigenvalue weighted by atomic mass is 9.89.